The Morgan fingerprint density at radius 1 is 1.25 bits per heavy atom. The van der Waals surface area contributed by atoms with Gasteiger partial charge in [-0.2, -0.15) is 0 Å². The minimum atomic E-state index is 0. The van der Waals surface area contributed by atoms with E-state index in [-0.39, 0.29) is 68.3 Å². The van der Waals surface area contributed by atoms with Crippen molar-refractivity contribution in [2.45, 2.75) is 0 Å². The second-order valence-corrected chi connectivity index (χ2v) is 0. The fourth-order valence-corrected chi connectivity index (χ4v) is 0. The molecule has 4 heteroatoms. The summed E-state index contributed by atoms with van der Waals surface area (Å²) in [5.74, 6) is 0. The van der Waals surface area contributed by atoms with Crippen molar-refractivity contribution >= 4 is 17.4 Å². The molecule has 0 aliphatic heterocycles. The van der Waals surface area contributed by atoms with Crippen molar-refractivity contribution in [2.75, 3.05) is 0 Å². The first-order chi connectivity index (χ1) is 1.00. The SMILES string of the molecule is [AlH3].[O]=[Zn].[Y]. The Kier molecular flexibility index (Phi) is 81.4. The fraction of sp³-hybridized carbons (Fsp3) is 0. The minimum Gasteiger partial charge on any atom is 0 e. The monoisotopic (exact) mass is 199 g/mol. The topological polar surface area (TPSA) is 17.1 Å². The van der Waals surface area contributed by atoms with Gasteiger partial charge in [0.2, 0.25) is 0 Å². The van der Waals surface area contributed by atoms with E-state index in [9.17, 15) is 0 Å². The molecule has 0 aromatic rings. The molecule has 0 aromatic carbocycles. The Balaban J connectivity index is -0.00000000500. The van der Waals surface area contributed by atoms with Crippen LogP contribution in [0.5, 0.6) is 0 Å². The summed E-state index contributed by atoms with van der Waals surface area (Å²) in [5.41, 5.74) is 0. The molecule has 0 amide bonds. The van der Waals surface area contributed by atoms with Crippen LogP contribution in [0.1, 0.15) is 0 Å². The van der Waals surface area contributed by atoms with Gasteiger partial charge in [0.1, 0.15) is 0 Å². The van der Waals surface area contributed by atoms with E-state index in [1.165, 1.54) is 0 Å². The van der Waals surface area contributed by atoms with Gasteiger partial charge in [0, 0.05) is 32.7 Å². The Hall–Kier alpha value is 2.06. The maximum atomic E-state index is 8.38. The van der Waals surface area contributed by atoms with E-state index in [1.807, 2.05) is 0 Å². The van der Waals surface area contributed by atoms with Crippen LogP contribution >= 0.6 is 0 Å². The van der Waals surface area contributed by atoms with E-state index in [2.05, 4.69) is 0 Å². The molecule has 17 valence electrons. The first-order valence-electron chi connectivity index (χ1n) is 0.289. The van der Waals surface area contributed by atoms with Crippen LogP contribution in [0.15, 0.2) is 0 Å². The van der Waals surface area contributed by atoms with Gasteiger partial charge in [0.25, 0.3) is 0 Å². The van der Waals surface area contributed by atoms with Crippen LogP contribution in [0.3, 0.4) is 0 Å². The van der Waals surface area contributed by atoms with Crippen LogP contribution in [-0.2, 0) is 54.5 Å². The summed E-state index contributed by atoms with van der Waals surface area (Å²) >= 11 is 0.125. The van der Waals surface area contributed by atoms with Crippen molar-refractivity contribution in [1.82, 2.24) is 0 Å². The minimum absolute atomic E-state index is 0. The van der Waals surface area contributed by atoms with Gasteiger partial charge in [-0.3, -0.25) is 0 Å². The molecule has 0 bridgehead atoms. The Morgan fingerprint density at radius 2 is 1.25 bits per heavy atom. The molecule has 1 nitrogen and oxygen atoms in total. The largest absolute Gasteiger partial charge is 0 e. The predicted octanol–water partition coefficient (Wildman–Crippen LogP) is -1.31. The van der Waals surface area contributed by atoms with Crippen LogP contribution in [-0.4, -0.2) is 17.4 Å². The van der Waals surface area contributed by atoms with Gasteiger partial charge in [-0.15, -0.1) is 0 Å². The Labute approximate surface area is 70.9 Å². The van der Waals surface area contributed by atoms with E-state index < -0.39 is 0 Å². The zero-order valence-corrected chi connectivity index (χ0v) is 7.50. The van der Waals surface area contributed by atoms with E-state index in [0.717, 1.165) is 0 Å². The third-order valence-electron chi connectivity index (χ3n) is 0. The van der Waals surface area contributed by atoms with Crippen molar-refractivity contribution in [3.8, 4) is 0 Å². The number of hydrogen-bond acceptors (Lipinski definition) is 1. The summed E-state index contributed by atoms with van der Waals surface area (Å²) in [6.45, 7) is 0. The molecule has 0 spiro atoms. The third kappa shape index (κ3) is 8.96. The molecular weight excluding hydrogens is 197 g/mol. The molecule has 0 aromatic heterocycles. The molecule has 0 fully saturated rings. The molecular formula is H3AlOYZn. The molecule has 0 saturated carbocycles. The molecule has 0 rings (SSSR count). The van der Waals surface area contributed by atoms with Crippen LogP contribution in [0, 0.1) is 0 Å². The molecule has 0 atom stereocenters. The molecule has 0 saturated heterocycles. The van der Waals surface area contributed by atoms with Crippen molar-refractivity contribution < 1.29 is 54.5 Å². The van der Waals surface area contributed by atoms with Gasteiger partial charge in [-0.25, -0.2) is 0 Å². The summed E-state index contributed by atoms with van der Waals surface area (Å²) in [5, 5.41) is 0. The van der Waals surface area contributed by atoms with Gasteiger partial charge < -0.3 is 0 Å². The van der Waals surface area contributed by atoms with Crippen molar-refractivity contribution in [3.05, 3.63) is 0 Å². The molecule has 0 N–H and O–H groups in total. The van der Waals surface area contributed by atoms with Crippen molar-refractivity contribution in [1.29, 1.82) is 0 Å². The molecule has 0 aliphatic carbocycles. The zero-order chi connectivity index (χ0) is 2.00. The van der Waals surface area contributed by atoms with E-state index >= 15 is 0 Å². The van der Waals surface area contributed by atoms with Crippen LogP contribution < -0.4 is 0 Å². The van der Waals surface area contributed by atoms with Crippen LogP contribution in [0.25, 0.3) is 0 Å². The summed E-state index contributed by atoms with van der Waals surface area (Å²) in [7, 11) is 0. The summed E-state index contributed by atoms with van der Waals surface area (Å²) < 4.78 is 8.38. The van der Waals surface area contributed by atoms with E-state index in [1.54, 1.807) is 0 Å². The number of rotatable bonds is 0. The van der Waals surface area contributed by atoms with Gasteiger partial charge in [-0.1, -0.05) is 0 Å². The van der Waals surface area contributed by atoms with Gasteiger partial charge in [0.05, 0.1) is 0 Å². The second-order valence-electron chi connectivity index (χ2n) is 0. The average Bonchev–Trinajstić information content (AvgIpc) is 1.00. The maximum absolute atomic E-state index is 8.38. The van der Waals surface area contributed by atoms with Crippen LogP contribution in [0.2, 0.25) is 0 Å². The predicted molar refractivity (Wildman–Crippen MR) is 10.6 cm³/mol. The second kappa shape index (κ2) is 19.7. The standard InChI is InChI=1S/Al.O.Y.Zn.3H. The Bertz CT molecular complexity index is 8.00. The first kappa shape index (κ1) is 16.6. The first-order valence-corrected chi connectivity index (χ1v) is 1.50. The normalized spacial score (nSPS) is 1.50. The summed E-state index contributed by atoms with van der Waals surface area (Å²) in [6, 6.07) is 0. The average molecular weight is 200 g/mol. The molecule has 0 heterocycles. The van der Waals surface area contributed by atoms with Gasteiger partial charge in [-0.05, 0) is 0 Å². The fourth-order valence-electron chi connectivity index (χ4n) is 0. The zero-order valence-electron chi connectivity index (χ0n) is 1.69. The Morgan fingerprint density at radius 3 is 1.25 bits per heavy atom. The van der Waals surface area contributed by atoms with Crippen molar-refractivity contribution in [2.24, 2.45) is 0 Å². The molecule has 4 heavy (non-hydrogen) atoms. The third-order valence-corrected chi connectivity index (χ3v) is 0. The molecule has 0 unspecified atom stereocenters. The number of hydrogen-bond donors (Lipinski definition) is 0. The quantitative estimate of drug-likeness (QED) is 0.444. The van der Waals surface area contributed by atoms with E-state index in [4.69, 9.17) is 3.57 Å². The van der Waals surface area contributed by atoms with Crippen LogP contribution in [0.4, 0.5) is 0 Å². The van der Waals surface area contributed by atoms with E-state index in [0.29, 0.717) is 0 Å². The van der Waals surface area contributed by atoms with Gasteiger partial charge in [0.15, 0.2) is 17.4 Å². The molecule has 0 aliphatic rings. The van der Waals surface area contributed by atoms with Crippen molar-refractivity contribution in [3.63, 3.8) is 0 Å². The summed E-state index contributed by atoms with van der Waals surface area (Å²) in [4.78, 5) is 0. The molecule has 1 radical (unpaired) electrons. The maximum Gasteiger partial charge on any atom is 0 e. The van der Waals surface area contributed by atoms with Gasteiger partial charge >= 0.3 is 21.8 Å². The summed E-state index contributed by atoms with van der Waals surface area (Å²) in [6.07, 6.45) is 0. The smallest absolute Gasteiger partial charge is 0 e.